The van der Waals surface area contributed by atoms with Crippen LogP contribution in [0.15, 0.2) is 64.6 Å². The van der Waals surface area contributed by atoms with Gasteiger partial charge in [0.1, 0.15) is 12.2 Å². The van der Waals surface area contributed by atoms with Crippen LogP contribution in [0.1, 0.15) is 27.8 Å². The average molecular weight is 549 g/mol. The third kappa shape index (κ3) is 5.33. The number of hydrogen-bond donors (Lipinski definition) is 1. The molecule has 4 amide bonds. The van der Waals surface area contributed by atoms with Crippen LogP contribution in [-0.4, -0.2) is 25.0 Å². The van der Waals surface area contributed by atoms with Crippen LogP contribution in [0.5, 0.6) is 11.5 Å². The summed E-state index contributed by atoms with van der Waals surface area (Å²) in [5, 5.41) is 2.24. The van der Waals surface area contributed by atoms with E-state index in [9.17, 15) is 14.4 Å². The normalized spacial score (nSPS) is 14.8. The predicted molar refractivity (Wildman–Crippen MR) is 141 cm³/mol. The lowest BCUT2D eigenvalue weighted by Crippen LogP contribution is -2.54. The number of hydrogen-bond acceptors (Lipinski definition) is 5. The van der Waals surface area contributed by atoms with E-state index in [1.807, 2.05) is 20.8 Å². The number of methoxy groups -OCH3 is 1. The first-order chi connectivity index (χ1) is 17.2. The molecule has 0 aromatic heterocycles. The highest BCUT2D eigenvalue weighted by Crippen LogP contribution is 2.31. The summed E-state index contributed by atoms with van der Waals surface area (Å²) in [6.07, 6.45) is 1.43. The molecule has 0 saturated carbocycles. The van der Waals surface area contributed by atoms with Gasteiger partial charge in [-0.2, -0.15) is 0 Å². The van der Waals surface area contributed by atoms with Gasteiger partial charge in [-0.3, -0.25) is 14.9 Å². The summed E-state index contributed by atoms with van der Waals surface area (Å²) >= 11 is 3.41. The monoisotopic (exact) mass is 548 g/mol. The molecule has 0 atom stereocenters. The third-order valence-electron chi connectivity index (χ3n) is 5.68. The maximum Gasteiger partial charge on any atom is 0.335 e. The third-order valence-corrected chi connectivity index (χ3v) is 6.57. The summed E-state index contributed by atoms with van der Waals surface area (Å²) in [7, 11) is 1.52. The number of amides is 4. The van der Waals surface area contributed by atoms with Crippen LogP contribution in [0.4, 0.5) is 10.5 Å². The summed E-state index contributed by atoms with van der Waals surface area (Å²) < 4.78 is 12.3. The number of barbiturate groups is 1. The Bertz CT molecular complexity index is 1390. The molecule has 184 valence electrons. The molecule has 1 N–H and O–H groups in total. The van der Waals surface area contributed by atoms with Crippen molar-refractivity contribution in [3.63, 3.8) is 0 Å². The minimum absolute atomic E-state index is 0.166. The molecule has 0 spiro atoms. The van der Waals surface area contributed by atoms with Gasteiger partial charge >= 0.3 is 6.03 Å². The van der Waals surface area contributed by atoms with Crippen molar-refractivity contribution in [2.45, 2.75) is 27.4 Å². The molecule has 1 aliphatic heterocycles. The maximum atomic E-state index is 13.2. The molecular weight excluding hydrogens is 524 g/mol. The van der Waals surface area contributed by atoms with Gasteiger partial charge in [0.25, 0.3) is 11.8 Å². The minimum Gasteiger partial charge on any atom is -0.493 e. The van der Waals surface area contributed by atoms with E-state index in [2.05, 4.69) is 39.4 Å². The summed E-state index contributed by atoms with van der Waals surface area (Å²) in [6, 6.07) is 15.6. The number of carbonyl (C=O) groups excluding carboxylic acids is 3. The van der Waals surface area contributed by atoms with Crippen molar-refractivity contribution < 1.29 is 23.9 Å². The molecule has 36 heavy (non-hydrogen) atoms. The lowest BCUT2D eigenvalue weighted by molar-refractivity contribution is -0.122. The van der Waals surface area contributed by atoms with Crippen LogP contribution in [0.3, 0.4) is 0 Å². The van der Waals surface area contributed by atoms with Crippen molar-refractivity contribution >= 4 is 45.5 Å². The van der Waals surface area contributed by atoms with E-state index in [4.69, 9.17) is 9.47 Å². The number of imide groups is 2. The van der Waals surface area contributed by atoms with Crippen molar-refractivity contribution in [3.8, 4) is 11.5 Å². The van der Waals surface area contributed by atoms with Gasteiger partial charge in [-0.25, -0.2) is 9.69 Å². The summed E-state index contributed by atoms with van der Waals surface area (Å²) in [5.74, 6) is -0.488. The van der Waals surface area contributed by atoms with Gasteiger partial charge < -0.3 is 9.47 Å². The first-order valence-electron chi connectivity index (χ1n) is 11.2. The Hall–Kier alpha value is -3.91. The molecule has 1 fully saturated rings. The first-order valence-corrected chi connectivity index (χ1v) is 12.0. The molecule has 3 aromatic rings. The van der Waals surface area contributed by atoms with Gasteiger partial charge in [0.2, 0.25) is 0 Å². The predicted octanol–water partition coefficient (Wildman–Crippen LogP) is 5.63. The number of nitrogens with zero attached hydrogens (tertiary/aromatic N) is 1. The van der Waals surface area contributed by atoms with Crippen LogP contribution in [0.25, 0.3) is 6.08 Å². The van der Waals surface area contributed by atoms with E-state index in [0.717, 1.165) is 31.6 Å². The Labute approximate surface area is 217 Å². The Morgan fingerprint density at radius 3 is 2.31 bits per heavy atom. The lowest BCUT2D eigenvalue weighted by atomic mass is 10.1. The van der Waals surface area contributed by atoms with Gasteiger partial charge in [0, 0.05) is 4.47 Å². The zero-order chi connectivity index (χ0) is 26.0. The molecule has 0 aliphatic carbocycles. The van der Waals surface area contributed by atoms with Gasteiger partial charge in [-0.1, -0.05) is 51.3 Å². The number of ether oxygens (including phenoxy) is 2. The van der Waals surface area contributed by atoms with E-state index in [-0.39, 0.29) is 5.57 Å². The number of rotatable bonds is 6. The second kappa shape index (κ2) is 10.4. The highest BCUT2D eigenvalue weighted by atomic mass is 79.9. The second-order valence-electron chi connectivity index (χ2n) is 8.59. The lowest BCUT2D eigenvalue weighted by Gasteiger charge is -2.26. The van der Waals surface area contributed by atoms with E-state index in [0.29, 0.717) is 29.4 Å². The summed E-state index contributed by atoms with van der Waals surface area (Å²) in [4.78, 5) is 39.2. The number of halogens is 1. The van der Waals surface area contributed by atoms with Crippen molar-refractivity contribution in [2.24, 2.45) is 0 Å². The van der Waals surface area contributed by atoms with Crippen LogP contribution in [0.2, 0.25) is 0 Å². The van der Waals surface area contributed by atoms with Crippen LogP contribution in [0, 0.1) is 20.8 Å². The number of nitrogens with one attached hydrogen (secondary N) is 1. The molecular formula is C28H25BrN2O5. The number of carbonyl (C=O) groups is 3. The first kappa shape index (κ1) is 25.2. The van der Waals surface area contributed by atoms with Crippen LogP contribution in [-0.2, 0) is 16.2 Å². The highest BCUT2D eigenvalue weighted by molar-refractivity contribution is 9.10. The fourth-order valence-electron chi connectivity index (χ4n) is 4.03. The Balaban J connectivity index is 1.60. The quantitative estimate of drug-likeness (QED) is 0.318. The topological polar surface area (TPSA) is 84.9 Å². The smallest absolute Gasteiger partial charge is 0.335 e. The highest BCUT2D eigenvalue weighted by Gasteiger charge is 2.37. The second-order valence-corrected chi connectivity index (χ2v) is 9.44. The molecule has 1 aliphatic rings. The number of urea groups is 1. The maximum absolute atomic E-state index is 13.2. The number of benzene rings is 3. The summed E-state index contributed by atoms with van der Waals surface area (Å²) in [5.41, 5.74) is 4.94. The zero-order valence-corrected chi connectivity index (χ0v) is 21.9. The van der Waals surface area contributed by atoms with E-state index in [1.54, 1.807) is 36.4 Å². The molecule has 0 radical (unpaired) electrons. The molecule has 1 heterocycles. The average Bonchev–Trinajstić information content (AvgIpc) is 2.82. The molecule has 0 unspecified atom stereocenters. The number of anilines is 1. The fourth-order valence-corrected chi connectivity index (χ4v) is 4.28. The van der Waals surface area contributed by atoms with Crippen LogP contribution < -0.4 is 19.7 Å². The van der Waals surface area contributed by atoms with Crippen molar-refractivity contribution in [1.82, 2.24) is 5.32 Å². The van der Waals surface area contributed by atoms with Crippen molar-refractivity contribution in [2.75, 3.05) is 12.0 Å². The van der Waals surface area contributed by atoms with Crippen molar-refractivity contribution in [3.05, 3.63) is 92.5 Å². The molecule has 0 bridgehead atoms. The van der Waals surface area contributed by atoms with Gasteiger partial charge in [0.15, 0.2) is 11.5 Å². The van der Waals surface area contributed by atoms with Crippen molar-refractivity contribution in [1.29, 1.82) is 0 Å². The largest absolute Gasteiger partial charge is 0.493 e. The standard InChI is InChI=1S/C28H25BrN2O5/c1-16-9-17(2)11-20(10-16)15-36-24-8-5-19(14-25(24)35-4)13-22-26(32)30-28(34)31(27(22)33)21-6-7-23(29)18(3)12-21/h5-14H,15H2,1-4H3,(H,30,32,34)/b22-13-. The van der Waals surface area contributed by atoms with E-state index < -0.39 is 17.8 Å². The summed E-state index contributed by atoms with van der Waals surface area (Å²) in [6.45, 7) is 6.28. The van der Waals surface area contributed by atoms with Gasteiger partial charge in [-0.05, 0) is 73.9 Å². The van der Waals surface area contributed by atoms with Crippen LogP contribution >= 0.6 is 15.9 Å². The van der Waals surface area contributed by atoms with Gasteiger partial charge in [-0.15, -0.1) is 0 Å². The Morgan fingerprint density at radius 1 is 0.917 bits per heavy atom. The molecule has 7 nitrogen and oxygen atoms in total. The van der Waals surface area contributed by atoms with Gasteiger partial charge in [0.05, 0.1) is 12.8 Å². The SMILES string of the molecule is COc1cc(/C=C2/C(=O)NC(=O)N(c3ccc(Br)c(C)c3)C2=O)ccc1OCc1cc(C)cc(C)c1. The minimum atomic E-state index is -0.795. The molecule has 4 rings (SSSR count). The fraction of sp³-hybridized carbons (Fsp3) is 0.179. The van der Waals surface area contributed by atoms with E-state index in [1.165, 1.54) is 13.2 Å². The molecule has 3 aromatic carbocycles. The van der Waals surface area contributed by atoms with E-state index >= 15 is 0 Å². The molecule has 8 heteroatoms. The Morgan fingerprint density at radius 2 is 1.64 bits per heavy atom. The molecule has 1 saturated heterocycles. The zero-order valence-electron chi connectivity index (χ0n) is 20.3. The number of aryl methyl sites for hydroxylation is 3. The Kier molecular flexibility index (Phi) is 7.26.